The third-order valence-electron chi connectivity index (χ3n) is 4.70. The predicted molar refractivity (Wildman–Crippen MR) is 104 cm³/mol. The van der Waals surface area contributed by atoms with Gasteiger partial charge in [0.25, 0.3) is 10.2 Å². The second-order valence-corrected chi connectivity index (χ2v) is 8.07. The van der Waals surface area contributed by atoms with Gasteiger partial charge in [-0.1, -0.05) is 18.2 Å². The van der Waals surface area contributed by atoms with Crippen LogP contribution in [0.15, 0.2) is 54.6 Å². The molecule has 1 aliphatic heterocycles. The Hall–Kier alpha value is -2.42. The molecule has 8 heteroatoms. The van der Waals surface area contributed by atoms with E-state index in [2.05, 4.69) is 0 Å². The minimum Gasteiger partial charge on any atom is -0.457 e. The van der Waals surface area contributed by atoms with E-state index in [1.54, 1.807) is 11.9 Å². The summed E-state index contributed by atoms with van der Waals surface area (Å²) in [5, 5.41) is 5.14. The van der Waals surface area contributed by atoms with Crippen molar-refractivity contribution in [1.29, 1.82) is 0 Å². The Morgan fingerprint density at radius 3 is 2.15 bits per heavy atom. The van der Waals surface area contributed by atoms with E-state index in [1.165, 1.54) is 4.31 Å². The molecule has 1 saturated heterocycles. The van der Waals surface area contributed by atoms with Gasteiger partial charge in [-0.3, -0.25) is 4.79 Å². The average molecular weight is 389 g/mol. The van der Waals surface area contributed by atoms with Gasteiger partial charge in [-0.15, -0.1) is 0 Å². The summed E-state index contributed by atoms with van der Waals surface area (Å²) in [5.74, 6) is 1.19. The Balaban J connectivity index is 1.60. The summed E-state index contributed by atoms with van der Waals surface area (Å²) in [6.45, 7) is 0.542. The normalized spacial score (nSPS) is 16.1. The largest absolute Gasteiger partial charge is 0.457 e. The second-order valence-electron chi connectivity index (χ2n) is 6.52. The summed E-state index contributed by atoms with van der Waals surface area (Å²) in [6, 6.07) is 16.8. The first-order valence-electron chi connectivity index (χ1n) is 8.73. The fourth-order valence-electron chi connectivity index (χ4n) is 3.12. The Bertz CT molecular complexity index is 877. The zero-order chi connectivity index (χ0) is 19.4. The lowest BCUT2D eigenvalue weighted by molar-refractivity contribution is -0.123. The monoisotopic (exact) mass is 389 g/mol. The van der Waals surface area contributed by atoms with Crippen LogP contribution in [0.5, 0.6) is 11.5 Å². The molecule has 0 saturated carbocycles. The van der Waals surface area contributed by atoms with E-state index >= 15 is 0 Å². The van der Waals surface area contributed by atoms with Crippen molar-refractivity contribution < 1.29 is 17.9 Å². The first-order valence-corrected chi connectivity index (χ1v) is 10.2. The van der Waals surface area contributed by atoms with Crippen LogP contribution >= 0.6 is 0 Å². The Kier molecular flexibility index (Phi) is 5.79. The molecule has 2 N–H and O–H groups in total. The van der Waals surface area contributed by atoms with Crippen molar-refractivity contribution in [1.82, 2.24) is 4.31 Å². The van der Waals surface area contributed by atoms with Crippen molar-refractivity contribution in [2.75, 3.05) is 25.0 Å². The maximum atomic E-state index is 12.7. The summed E-state index contributed by atoms with van der Waals surface area (Å²) in [4.78, 5) is 14.3. The second kappa shape index (κ2) is 8.08. The van der Waals surface area contributed by atoms with Gasteiger partial charge in [-0.05, 0) is 49.2 Å². The Morgan fingerprint density at radius 1 is 1.04 bits per heavy atom. The quantitative estimate of drug-likeness (QED) is 0.849. The maximum absolute atomic E-state index is 12.7. The van der Waals surface area contributed by atoms with Crippen LogP contribution in [0.4, 0.5) is 5.69 Å². The van der Waals surface area contributed by atoms with Gasteiger partial charge >= 0.3 is 0 Å². The molecule has 0 aliphatic carbocycles. The number of benzene rings is 2. The fraction of sp³-hybridized carbons (Fsp3) is 0.316. The van der Waals surface area contributed by atoms with Gasteiger partial charge in [0, 0.05) is 31.7 Å². The minimum absolute atomic E-state index is 0.0270. The van der Waals surface area contributed by atoms with E-state index in [0.29, 0.717) is 18.6 Å². The van der Waals surface area contributed by atoms with E-state index in [-0.39, 0.29) is 24.9 Å². The zero-order valence-corrected chi connectivity index (χ0v) is 15.9. The van der Waals surface area contributed by atoms with Gasteiger partial charge in [0.05, 0.1) is 0 Å². The third-order valence-corrected chi connectivity index (χ3v) is 5.78. The lowest BCUT2D eigenvalue weighted by Gasteiger charge is -2.31. The molecular weight excluding hydrogens is 366 g/mol. The summed E-state index contributed by atoms with van der Waals surface area (Å²) < 4.78 is 29.7. The van der Waals surface area contributed by atoms with Gasteiger partial charge in [0.2, 0.25) is 5.91 Å². The van der Waals surface area contributed by atoms with Crippen molar-refractivity contribution in [2.45, 2.75) is 12.8 Å². The number of anilines is 1. The molecule has 0 aromatic heterocycles. The van der Waals surface area contributed by atoms with E-state index in [9.17, 15) is 13.2 Å². The van der Waals surface area contributed by atoms with Gasteiger partial charge < -0.3 is 9.64 Å². The lowest BCUT2D eigenvalue weighted by atomic mass is 9.96. The lowest BCUT2D eigenvalue weighted by Crippen LogP contribution is -2.45. The molecule has 1 aliphatic rings. The smallest absolute Gasteiger partial charge is 0.276 e. The minimum atomic E-state index is -3.68. The predicted octanol–water partition coefficient (Wildman–Crippen LogP) is 2.36. The number of carbonyl (C=O) groups excluding carboxylic acids is 1. The van der Waals surface area contributed by atoms with Crippen molar-refractivity contribution in [3.05, 3.63) is 54.6 Å². The van der Waals surface area contributed by atoms with E-state index in [1.807, 2.05) is 54.6 Å². The van der Waals surface area contributed by atoms with Gasteiger partial charge in [-0.2, -0.15) is 12.7 Å². The van der Waals surface area contributed by atoms with Crippen LogP contribution in [-0.2, 0) is 15.0 Å². The summed E-state index contributed by atoms with van der Waals surface area (Å²) in [7, 11) is -1.96. The molecule has 7 nitrogen and oxygen atoms in total. The first kappa shape index (κ1) is 19.3. The van der Waals surface area contributed by atoms with Crippen LogP contribution in [0.3, 0.4) is 0 Å². The number of nitrogens with two attached hydrogens (primary N) is 1. The molecule has 1 heterocycles. The van der Waals surface area contributed by atoms with E-state index in [0.717, 1.165) is 11.4 Å². The van der Waals surface area contributed by atoms with Crippen LogP contribution in [0.25, 0.3) is 0 Å². The molecule has 0 bridgehead atoms. The highest BCUT2D eigenvalue weighted by Gasteiger charge is 2.31. The standard InChI is InChI=1S/C19H23N3O4S/c1-21(19(23)15-11-13-22(14-12-15)27(20,24)25)16-7-9-18(10-8-16)26-17-5-3-2-4-6-17/h2-10,15H,11-14H2,1H3,(H2,20,24,25). The fourth-order valence-corrected chi connectivity index (χ4v) is 3.84. The number of ether oxygens (including phenoxy) is 1. The molecule has 1 fully saturated rings. The molecule has 0 radical (unpaired) electrons. The van der Waals surface area contributed by atoms with Crippen LogP contribution < -0.4 is 14.8 Å². The van der Waals surface area contributed by atoms with Crippen molar-refractivity contribution in [3.63, 3.8) is 0 Å². The maximum Gasteiger partial charge on any atom is 0.276 e. The number of hydrogen-bond donors (Lipinski definition) is 1. The Labute approximate surface area is 159 Å². The highest BCUT2D eigenvalue weighted by atomic mass is 32.2. The van der Waals surface area contributed by atoms with Crippen LogP contribution in [0.2, 0.25) is 0 Å². The number of nitrogens with zero attached hydrogens (tertiary/aromatic N) is 2. The first-order chi connectivity index (χ1) is 12.8. The molecule has 0 unspecified atom stereocenters. The van der Waals surface area contributed by atoms with Gasteiger partial charge in [-0.25, -0.2) is 5.14 Å². The number of hydrogen-bond acceptors (Lipinski definition) is 4. The van der Waals surface area contributed by atoms with Crippen molar-refractivity contribution in [3.8, 4) is 11.5 Å². The van der Waals surface area contributed by atoms with Gasteiger partial charge in [0.15, 0.2) is 0 Å². The molecule has 1 amide bonds. The molecule has 0 spiro atoms. The Morgan fingerprint density at radius 2 is 1.59 bits per heavy atom. The number of para-hydroxylation sites is 1. The summed E-state index contributed by atoms with van der Waals surface area (Å²) in [5.41, 5.74) is 0.759. The number of piperidine rings is 1. The zero-order valence-electron chi connectivity index (χ0n) is 15.1. The van der Waals surface area contributed by atoms with Gasteiger partial charge in [0.1, 0.15) is 11.5 Å². The molecular formula is C19H23N3O4S. The SMILES string of the molecule is CN(C(=O)C1CCN(S(N)(=O)=O)CC1)c1ccc(Oc2ccccc2)cc1. The summed E-state index contributed by atoms with van der Waals surface area (Å²) >= 11 is 0. The van der Waals surface area contributed by atoms with E-state index < -0.39 is 10.2 Å². The molecule has 144 valence electrons. The topological polar surface area (TPSA) is 92.9 Å². The summed E-state index contributed by atoms with van der Waals surface area (Å²) in [6.07, 6.45) is 0.934. The highest BCUT2D eigenvalue weighted by molar-refractivity contribution is 7.86. The molecule has 2 aromatic rings. The van der Waals surface area contributed by atoms with Crippen LogP contribution in [0, 0.1) is 5.92 Å². The number of amides is 1. The highest BCUT2D eigenvalue weighted by Crippen LogP contribution is 2.26. The number of carbonyl (C=O) groups is 1. The molecule has 0 atom stereocenters. The van der Waals surface area contributed by atoms with Crippen LogP contribution in [-0.4, -0.2) is 38.8 Å². The van der Waals surface area contributed by atoms with E-state index in [4.69, 9.17) is 9.88 Å². The molecule has 2 aromatic carbocycles. The number of rotatable bonds is 5. The third kappa shape index (κ3) is 4.85. The van der Waals surface area contributed by atoms with Crippen LogP contribution in [0.1, 0.15) is 12.8 Å². The van der Waals surface area contributed by atoms with Crippen molar-refractivity contribution in [2.24, 2.45) is 11.1 Å². The average Bonchev–Trinajstić information content (AvgIpc) is 2.68. The van der Waals surface area contributed by atoms with Crippen molar-refractivity contribution >= 4 is 21.8 Å². The molecule has 3 rings (SSSR count). The molecule has 27 heavy (non-hydrogen) atoms.